The van der Waals surface area contributed by atoms with Crippen molar-refractivity contribution in [3.63, 3.8) is 0 Å². The second kappa shape index (κ2) is 10.9. The van der Waals surface area contributed by atoms with Gasteiger partial charge in [0.1, 0.15) is 5.75 Å². The van der Waals surface area contributed by atoms with Crippen LogP contribution in [0.3, 0.4) is 0 Å². The van der Waals surface area contributed by atoms with Crippen LogP contribution in [0, 0.1) is 0 Å². The predicted molar refractivity (Wildman–Crippen MR) is 90.2 cm³/mol. The lowest BCUT2D eigenvalue weighted by Crippen LogP contribution is -2.02. The molecule has 1 N–H and O–H groups in total. The number of rotatable bonds is 11. The molecule has 0 amide bonds. The Bertz CT molecular complexity index is 391. The molecule has 0 aliphatic rings. The molecule has 0 aliphatic heterocycles. The number of ether oxygens (including phenoxy) is 1. The first kappa shape index (κ1) is 18.3. The maximum atomic E-state index is 9.73. The van der Waals surface area contributed by atoms with Gasteiger partial charge < -0.3 is 9.84 Å². The standard InChI is InChI=1S/C18H29ClO2/c1-3-4-5-6-7-8-9-10-13-21-18-12-11-16(19)14-17(18)15(2)20/h11-12,14-15,20H,3-10,13H2,1-2H3. The summed E-state index contributed by atoms with van der Waals surface area (Å²) in [5.41, 5.74) is 0.766. The summed E-state index contributed by atoms with van der Waals surface area (Å²) in [6.07, 6.45) is 9.74. The second-order valence-corrected chi connectivity index (χ2v) is 6.12. The van der Waals surface area contributed by atoms with E-state index in [1.165, 1.54) is 44.9 Å². The third-order valence-electron chi connectivity index (χ3n) is 3.68. The van der Waals surface area contributed by atoms with E-state index in [0.29, 0.717) is 11.6 Å². The molecule has 0 saturated heterocycles. The summed E-state index contributed by atoms with van der Waals surface area (Å²) >= 11 is 5.95. The van der Waals surface area contributed by atoms with Crippen molar-refractivity contribution >= 4 is 11.6 Å². The smallest absolute Gasteiger partial charge is 0.125 e. The number of halogens is 1. The fourth-order valence-corrected chi connectivity index (χ4v) is 2.58. The molecule has 0 spiro atoms. The Labute approximate surface area is 134 Å². The van der Waals surface area contributed by atoms with Crippen LogP contribution in [0.25, 0.3) is 0 Å². The quantitative estimate of drug-likeness (QED) is 0.514. The second-order valence-electron chi connectivity index (χ2n) is 5.68. The molecule has 0 saturated carbocycles. The van der Waals surface area contributed by atoms with Crippen molar-refractivity contribution in [1.29, 1.82) is 0 Å². The summed E-state index contributed by atoms with van der Waals surface area (Å²) in [5, 5.41) is 10.4. The molecular formula is C18H29ClO2. The fraction of sp³-hybridized carbons (Fsp3) is 0.667. The molecule has 0 aromatic heterocycles. The molecule has 0 heterocycles. The zero-order valence-corrected chi connectivity index (χ0v) is 14.2. The van der Waals surface area contributed by atoms with Crippen LogP contribution >= 0.6 is 11.6 Å². The van der Waals surface area contributed by atoms with Crippen molar-refractivity contribution in [2.75, 3.05) is 6.61 Å². The van der Waals surface area contributed by atoms with Gasteiger partial charge in [-0.2, -0.15) is 0 Å². The van der Waals surface area contributed by atoms with Gasteiger partial charge in [-0.3, -0.25) is 0 Å². The molecule has 1 rings (SSSR count). The van der Waals surface area contributed by atoms with Crippen LogP contribution in [0.1, 0.15) is 76.9 Å². The van der Waals surface area contributed by atoms with E-state index >= 15 is 0 Å². The van der Waals surface area contributed by atoms with Gasteiger partial charge in [-0.1, -0.05) is 63.5 Å². The highest BCUT2D eigenvalue weighted by molar-refractivity contribution is 6.30. The lowest BCUT2D eigenvalue weighted by Gasteiger charge is -2.13. The van der Waals surface area contributed by atoms with Crippen LogP contribution in [0.4, 0.5) is 0 Å². The molecule has 2 nitrogen and oxygen atoms in total. The predicted octanol–water partition coefficient (Wildman–Crippen LogP) is 5.91. The molecule has 0 aliphatic carbocycles. The Balaban J connectivity index is 2.18. The number of aliphatic hydroxyl groups is 1. The molecule has 0 radical (unpaired) electrons. The van der Waals surface area contributed by atoms with Gasteiger partial charge in [-0.15, -0.1) is 0 Å². The third kappa shape index (κ3) is 7.73. The van der Waals surface area contributed by atoms with Crippen molar-refractivity contribution in [3.05, 3.63) is 28.8 Å². The molecule has 1 aromatic rings. The van der Waals surface area contributed by atoms with E-state index in [1.807, 2.05) is 6.07 Å². The largest absolute Gasteiger partial charge is 0.493 e. The van der Waals surface area contributed by atoms with E-state index < -0.39 is 6.10 Å². The first-order chi connectivity index (χ1) is 10.1. The zero-order valence-electron chi connectivity index (χ0n) is 13.4. The number of unbranched alkanes of at least 4 members (excludes halogenated alkanes) is 7. The highest BCUT2D eigenvalue weighted by Crippen LogP contribution is 2.28. The molecule has 1 unspecified atom stereocenters. The van der Waals surface area contributed by atoms with Gasteiger partial charge in [0, 0.05) is 10.6 Å². The van der Waals surface area contributed by atoms with Crippen LogP contribution in [0.5, 0.6) is 5.75 Å². The van der Waals surface area contributed by atoms with E-state index in [1.54, 1.807) is 19.1 Å². The maximum absolute atomic E-state index is 9.73. The Hall–Kier alpha value is -0.730. The molecule has 0 fully saturated rings. The molecule has 1 atom stereocenters. The zero-order chi connectivity index (χ0) is 15.5. The van der Waals surface area contributed by atoms with Crippen molar-refractivity contribution in [2.45, 2.75) is 71.3 Å². The van der Waals surface area contributed by atoms with Gasteiger partial charge in [0.2, 0.25) is 0 Å². The van der Waals surface area contributed by atoms with Crippen LogP contribution in [-0.4, -0.2) is 11.7 Å². The Morgan fingerprint density at radius 3 is 2.29 bits per heavy atom. The summed E-state index contributed by atoms with van der Waals surface area (Å²) < 4.78 is 5.78. The van der Waals surface area contributed by atoms with E-state index in [-0.39, 0.29) is 0 Å². The van der Waals surface area contributed by atoms with E-state index in [9.17, 15) is 5.11 Å². The molecular weight excluding hydrogens is 284 g/mol. The van der Waals surface area contributed by atoms with Gasteiger partial charge in [-0.25, -0.2) is 0 Å². The van der Waals surface area contributed by atoms with Crippen molar-refractivity contribution < 1.29 is 9.84 Å². The van der Waals surface area contributed by atoms with Gasteiger partial charge in [0.15, 0.2) is 0 Å². The van der Waals surface area contributed by atoms with Gasteiger partial charge >= 0.3 is 0 Å². The minimum atomic E-state index is -0.558. The molecule has 0 bridgehead atoms. The Kier molecular flexibility index (Phi) is 9.53. The summed E-state index contributed by atoms with van der Waals surface area (Å²) in [5.74, 6) is 0.748. The van der Waals surface area contributed by atoms with Gasteiger partial charge in [-0.05, 0) is 31.5 Å². The van der Waals surface area contributed by atoms with E-state index in [4.69, 9.17) is 16.3 Å². The normalized spacial score (nSPS) is 12.4. The van der Waals surface area contributed by atoms with Crippen LogP contribution in [-0.2, 0) is 0 Å². The Morgan fingerprint density at radius 2 is 1.67 bits per heavy atom. The average molecular weight is 313 g/mol. The van der Waals surface area contributed by atoms with Crippen LogP contribution in [0.15, 0.2) is 18.2 Å². The highest BCUT2D eigenvalue weighted by atomic mass is 35.5. The first-order valence-corrected chi connectivity index (χ1v) is 8.63. The summed E-state index contributed by atoms with van der Waals surface area (Å²) in [6.45, 7) is 4.68. The van der Waals surface area contributed by atoms with Crippen LogP contribution < -0.4 is 4.74 Å². The first-order valence-electron chi connectivity index (χ1n) is 8.25. The van der Waals surface area contributed by atoms with Crippen LogP contribution in [0.2, 0.25) is 5.02 Å². The number of hydrogen-bond acceptors (Lipinski definition) is 2. The molecule has 120 valence electrons. The van der Waals surface area contributed by atoms with Crippen molar-refractivity contribution in [2.24, 2.45) is 0 Å². The molecule has 21 heavy (non-hydrogen) atoms. The summed E-state index contributed by atoms with van der Waals surface area (Å²) in [6, 6.07) is 5.42. The molecule has 3 heteroatoms. The topological polar surface area (TPSA) is 29.5 Å². The SMILES string of the molecule is CCCCCCCCCCOc1ccc(Cl)cc1C(C)O. The lowest BCUT2D eigenvalue weighted by molar-refractivity contribution is 0.190. The average Bonchev–Trinajstić information content (AvgIpc) is 2.46. The fourth-order valence-electron chi connectivity index (χ4n) is 2.40. The minimum Gasteiger partial charge on any atom is -0.493 e. The summed E-state index contributed by atoms with van der Waals surface area (Å²) in [7, 11) is 0. The van der Waals surface area contributed by atoms with Crippen molar-refractivity contribution in [1.82, 2.24) is 0 Å². The maximum Gasteiger partial charge on any atom is 0.125 e. The van der Waals surface area contributed by atoms with E-state index in [0.717, 1.165) is 17.7 Å². The van der Waals surface area contributed by atoms with Gasteiger partial charge in [0.25, 0.3) is 0 Å². The monoisotopic (exact) mass is 312 g/mol. The highest BCUT2D eigenvalue weighted by Gasteiger charge is 2.09. The lowest BCUT2D eigenvalue weighted by atomic mass is 10.1. The summed E-state index contributed by atoms with van der Waals surface area (Å²) in [4.78, 5) is 0. The Morgan fingerprint density at radius 1 is 1.05 bits per heavy atom. The number of aliphatic hydroxyl groups excluding tert-OH is 1. The number of benzene rings is 1. The minimum absolute atomic E-state index is 0.558. The number of hydrogen-bond donors (Lipinski definition) is 1. The van der Waals surface area contributed by atoms with E-state index in [2.05, 4.69) is 6.92 Å². The third-order valence-corrected chi connectivity index (χ3v) is 3.91. The van der Waals surface area contributed by atoms with Gasteiger partial charge in [0.05, 0.1) is 12.7 Å². The van der Waals surface area contributed by atoms with Crippen molar-refractivity contribution in [3.8, 4) is 5.75 Å². The molecule has 1 aromatic carbocycles.